The molecule has 2 aromatic rings. The van der Waals surface area contributed by atoms with E-state index >= 15 is 0 Å². The number of carbonyl (C=O) groups excluding carboxylic acids is 1. The van der Waals surface area contributed by atoms with Gasteiger partial charge in [0.05, 0.1) is 16.7 Å². The number of nitrogens with zero attached hydrogens (tertiary/aromatic N) is 1. The number of carboxylic acid groups (broad SMARTS) is 2. The number of rotatable bonds is 4. The molecule has 1 aromatic carbocycles. The Bertz CT molecular complexity index is 770. The van der Waals surface area contributed by atoms with Crippen molar-refractivity contribution in [1.82, 2.24) is 4.98 Å². The van der Waals surface area contributed by atoms with E-state index in [0.717, 1.165) is 6.20 Å². The lowest BCUT2D eigenvalue weighted by molar-refractivity contribution is 0.0684. The van der Waals surface area contributed by atoms with Crippen LogP contribution in [0.4, 0.5) is 5.69 Å². The standard InChI is InChI=1S/C15H12N2O5/c1-8-2-3-9(14(19)20)6-12(8)17-13(18)10-4-5-16-7-11(10)15(21)22/h2-7H,1H3,(H,17,18)(H,19,20)(H,21,22). The van der Waals surface area contributed by atoms with Crippen LogP contribution in [0.5, 0.6) is 0 Å². The molecule has 0 saturated carbocycles. The third-order valence-corrected chi connectivity index (χ3v) is 3.03. The van der Waals surface area contributed by atoms with Crippen LogP contribution in [-0.2, 0) is 0 Å². The van der Waals surface area contributed by atoms with Crippen LogP contribution in [0.3, 0.4) is 0 Å². The normalized spacial score (nSPS) is 10.0. The number of aromatic nitrogens is 1. The van der Waals surface area contributed by atoms with Crippen LogP contribution in [0.25, 0.3) is 0 Å². The SMILES string of the molecule is Cc1ccc(C(=O)O)cc1NC(=O)c1ccncc1C(=O)O. The summed E-state index contributed by atoms with van der Waals surface area (Å²) < 4.78 is 0. The minimum atomic E-state index is -1.27. The van der Waals surface area contributed by atoms with E-state index in [-0.39, 0.29) is 16.7 Å². The van der Waals surface area contributed by atoms with Gasteiger partial charge in [-0.15, -0.1) is 0 Å². The lowest BCUT2D eigenvalue weighted by Gasteiger charge is -2.10. The van der Waals surface area contributed by atoms with E-state index < -0.39 is 17.8 Å². The third kappa shape index (κ3) is 3.09. The largest absolute Gasteiger partial charge is 0.478 e. The predicted molar refractivity (Wildman–Crippen MR) is 77.3 cm³/mol. The van der Waals surface area contributed by atoms with Crippen molar-refractivity contribution in [2.45, 2.75) is 6.92 Å². The van der Waals surface area contributed by atoms with E-state index in [1.54, 1.807) is 13.0 Å². The first kappa shape index (κ1) is 15.2. The zero-order chi connectivity index (χ0) is 16.3. The first-order valence-corrected chi connectivity index (χ1v) is 6.22. The first-order chi connectivity index (χ1) is 10.4. The molecule has 1 heterocycles. The van der Waals surface area contributed by atoms with E-state index in [0.29, 0.717) is 11.3 Å². The number of carboxylic acids is 2. The second kappa shape index (κ2) is 6.04. The Hall–Kier alpha value is -3.22. The molecule has 7 heteroatoms. The number of nitrogens with one attached hydrogen (secondary N) is 1. The van der Waals surface area contributed by atoms with Gasteiger partial charge in [-0.05, 0) is 30.7 Å². The van der Waals surface area contributed by atoms with Gasteiger partial charge in [-0.1, -0.05) is 6.07 Å². The molecule has 7 nitrogen and oxygen atoms in total. The van der Waals surface area contributed by atoms with E-state index in [2.05, 4.69) is 10.3 Å². The summed E-state index contributed by atoms with van der Waals surface area (Å²) >= 11 is 0. The van der Waals surface area contributed by atoms with Gasteiger partial charge in [-0.3, -0.25) is 9.78 Å². The first-order valence-electron chi connectivity index (χ1n) is 6.22. The molecule has 2 rings (SSSR count). The van der Waals surface area contributed by atoms with Crippen molar-refractivity contribution in [3.05, 3.63) is 58.9 Å². The topological polar surface area (TPSA) is 117 Å². The van der Waals surface area contributed by atoms with Crippen LogP contribution in [0.15, 0.2) is 36.7 Å². The fraction of sp³-hybridized carbons (Fsp3) is 0.0667. The maximum atomic E-state index is 12.2. The van der Waals surface area contributed by atoms with Crippen LogP contribution >= 0.6 is 0 Å². The fourth-order valence-corrected chi connectivity index (χ4v) is 1.84. The second-order valence-electron chi connectivity index (χ2n) is 4.52. The molecule has 22 heavy (non-hydrogen) atoms. The number of aromatic carboxylic acids is 2. The molecule has 0 aliphatic rings. The Labute approximate surface area is 125 Å². The number of amides is 1. The summed E-state index contributed by atoms with van der Waals surface area (Å²) in [4.78, 5) is 38.0. The fourth-order valence-electron chi connectivity index (χ4n) is 1.84. The highest BCUT2D eigenvalue weighted by molar-refractivity contribution is 6.11. The Morgan fingerprint density at radius 3 is 2.41 bits per heavy atom. The van der Waals surface area contributed by atoms with Gasteiger partial charge >= 0.3 is 11.9 Å². The molecule has 0 radical (unpaired) electrons. The van der Waals surface area contributed by atoms with Crippen LogP contribution in [0, 0.1) is 6.92 Å². The van der Waals surface area contributed by atoms with E-state index in [4.69, 9.17) is 10.2 Å². The van der Waals surface area contributed by atoms with Crippen molar-refractivity contribution < 1.29 is 24.6 Å². The maximum absolute atomic E-state index is 12.2. The quantitative estimate of drug-likeness (QED) is 0.795. The molecule has 3 N–H and O–H groups in total. The zero-order valence-corrected chi connectivity index (χ0v) is 11.5. The summed E-state index contributed by atoms with van der Waals surface area (Å²) in [6.07, 6.45) is 2.39. The summed E-state index contributed by atoms with van der Waals surface area (Å²) in [5.41, 5.74) is 0.700. The van der Waals surface area contributed by atoms with Gasteiger partial charge in [0.1, 0.15) is 0 Å². The summed E-state index contributed by atoms with van der Waals surface area (Å²) in [6, 6.07) is 5.58. The smallest absolute Gasteiger partial charge is 0.338 e. The predicted octanol–water partition coefficient (Wildman–Crippen LogP) is 2.04. The zero-order valence-electron chi connectivity index (χ0n) is 11.5. The van der Waals surface area contributed by atoms with Crippen LogP contribution < -0.4 is 5.32 Å². The molecule has 0 saturated heterocycles. The highest BCUT2D eigenvalue weighted by Crippen LogP contribution is 2.19. The van der Waals surface area contributed by atoms with Gasteiger partial charge < -0.3 is 15.5 Å². The number of aryl methyl sites for hydroxylation is 1. The van der Waals surface area contributed by atoms with Crippen LogP contribution in [0.2, 0.25) is 0 Å². The number of carbonyl (C=O) groups is 3. The highest BCUT2D eigenvalue weighted by Gasteiger charge is 2.17. The molecule has 0 aliphatic heterocycles. The Kier molecular flexibility index (Phi) is 4.17. The number of pyridine rings is 1. The Morgan fingerprint density at radius 2 is 1.77 bits per heavy atom. The molecule has 0 aliphatic carbocycles. The number of benzene rings is 1. The van der Waals surface area contributed by atoms with E-state index in [1.165, 1.54) is 24.4 Å². The van der Waals surface area contributed by atoms with Gasteiger partial charge in [0.25, 0.3) is 5.91 Å². The minimum absolute atomic E-state index is 0.0223. The third-order valence-electron chi connectivity index (χ3n) is 3.03. The number of anilines is 1. The summed E-state index contributed by atoms with van der Waals surface area (Å²) in [5.74, 6) is -3.04. The Balaban J connectivity index is 2.36. The van der Waals surface area contributed by atoms with Gasteiger partial charge in [-0.2, -0.15) is 0 Å². The van der Waals surface area contributed by atoms with E-state index in [1.807, 2.05) is 0 Å². The molecule has 1 aromatic heterocycles. The van der Waals surface area contributed by atoms with Gasteiger partial charge in [0.15, 0.2) is 0 Å². The van der Waals surface area contributed by atoms with Crippen LogP contribution in [-0.4, -0.2) is 33.0 Å². The van der Waals surface area contributed by atoms with E-state index in [9.17, 15) is 14.4 Å². The minimum Gasteiger partial charge on any atom is -0.478 e. The second-order valence-corrected chi connectivity index (χ2v) is 4.52. The average molecular weight is 300 g/mol. The van der Waals surface area contributed by atoms with Crippen molar-refractivity contribution in [2.75, 3.05) is 5.32 Å². The molecule has 0 spiro atoms. The highest BCUT2D eigenvalue weighted by atomic mass is 16.4. The van der Waals surface area contributed by atoms with Crippen molar-refractivity contribution in [2.24, 2.45) is 0 Å². The van der Waals surface area contributed by atoms with Crippen molar-refractivity contribution in [1.29, 1.82) is 0 Å². The van der Waals surface area contributed by atoms with Crippen molar-refractivity contribution in [3.63, 3.8) is 0 Å². The molecule has 112 valence electrons. The molecule has 0 atom stereocenters. The number of hydrogen-bond donors (Lipinski definition) is 3. The molecule has 0 fully saturated rings. The van der Waals surface area contributed by atoms with Gasteiger partial charge in [-0.25, -0.2) is 9.59 Å². The number of hydrogen-bond acceptors (Lipinski definition) is 4. The van der Waals surface area contributed by atoms with Gasteiger partial charge in [0.2, 0.25) is 0 Å². The monoisotopic (exact) mass is 300 g/mol. The average Bonchev–Trinajstić information content (AvgIpc) is 2.49. The maximum Gasteiger partial charge on any atom is 0.338 e. The molecule has 0 unspecified atom stereocenters. The van der Waals surface area contributed by atoms with Crippen LogP contribution in [0.1, 0.15) is 36.6 Å². The molecule has 1 amide bonds. The van der Waals surface area contributed by atoms with Crippen molar-refractivity contribution >= 4 is 23.5 Å². The van der Waals surface area contributed by atoms with Gasteiger partial charge in [0, 0.05) is 18.1 Å². The lowest BCUT2D eigenvalue weighted by atomic mass is 10.1. The summed E-state index contributed by atoms with van der Waals surface area (Å²) in [6.45, 7) is 1.70. The summed E-state index contributed by atoms with van der Waals surface area (Å²) in [5, 5.41) is 20.5. The summed E-state index contributed by atoms with van der Waals surface area (Å²) in [7, 11) is 0. The molecular weight excluding hydrogens is 288 g/mol. The molecular formula is C15H12N2O5. The molecule has 0 bridgehead atoms. The Morgan fingerprint density at radius 1 is 1.05 bits per heavy atom. The van der Waals surface area contributed by atoms with Crippen molar-refractivity contribution in [3.8, 4) is 0 Å². The lowest BCUT2D eigenvalue weighted by Crippen LogP contribution is -2.17.